The van der Waals surface area contributed by atoms with Gasteiger partial charge < -0.3 is 24.2 Å². The topological polar surface area (TPSA) is 117 Å². The van der Waals surface area contributed by atoms with Gasteiger partial charge in [-0.15, -0.1) is 10.1 Å². The van der Waals surface area contributed by atoms with Crippen LogP contribution in [0.2, 0.25) is 0 Å². The number of nitrogens with zero attached hydrogens (tertiary/aromatic N) is 1. The van der Waals surface area contributed by atoms with E-state index in [1.165, 1.54) is 0 Å². The Labute approximate surface area is 121 Å². The summed E-state index contributed by atoms with van der Waals surface area (Å²) in [5, 5.41) is 18.8. The third-order valence-electron chi connectivity index (χ3n) is 3.52. The predicted molar refractivity (Wildman–Crippen MR) is 66.8 cm³/mol. The second-order valence-electron chi connectivity index (χ2n) is 5.22. The Kier molecular flexibility index (Phi) is 5.32. The second-order valence-corrected chi connectivity index (χ2v) is 5.22. The van der Waals surface area contributed by atoms with Gasteiger partial charge in [-0.25, -0.2) is 0 Å². The Balaban J connectivity index is 1.65. The van der Waals surface area contributed by atoms with E-state index in [4.69, 9.17) is 14.2 Å². The molecule has 2 fully saturated rings. The molecule has 0 aromatic carbocycles. The highest BCUT2D eigenvalue weighted by atomic mass is 17.0. The lowest BCUT2D eigenvalue weighted by Gasteiger charge is -2.16. The predicted octanol–water partition coefficient (Wildman–Crippen LogP) is -0.176. The van der Waals surface area contributed by atoms with Gasteiger partial charge in [0.25, 0.3) is 5.09 Å². The summed E-state index contributed by atoms with van der Waals surface area (Å²) in [6, 6.07) is 0. The summed E-state index contributed by atoms with van der Waals surface area (Å²) in [6.45, 7) is 1.95. The molecule has 5 atom stereocenters. The normalized spacial score (nSPS) is 32.5. The maximum absolute atomic E-state index is 11.7. The molecule has 0 radical (unpaired) electrons. The minimum atomic E-state index is -0.846. The van der Waals surface area contributed by atoms with Gasteiger partial charge in [0.05, 0.1) is 13.2 Å². The van der Waals surface area contributed by atoms with E-state index < -0.39 is 41.6 Å². The molecule has 1 unspecified atom stereocenters. The molecule has 9 heteroatoms. The molecule has 2 aliphatic heterocycles. The van der Waals surface area contributed by atoms with Gasteiger partial charge in [0.2, 0.25) is 0 Å². The summed E-state index contributed by atoms with van der Waals surface area (Å²) < 4.78 is 15.9. The molecule has 0 aromatic heterocycles. The van der Waals surface area contributed by atoms with Crippen molar-refractivity contribution >= 4 is 5.97 Å². The van der Waals surface area contributed by atoms with Crippen molar-refractivity contribution in [2.45, 2.75) is 56.7 Å². The fourth-order valence-corrected chi connectivity index (χ4v) is 2.51. The lowest BCUT2D eigenvalue weighted by atomic mass is 10.1. The van der Waals surface area contributed by atoms with Crippen LogP contribution in [0.4, 0.5) is 0 Å². The summed E-state index contributed by atoms with van der Waals surface area (Å²) in [5.74, 6) is -0.414. The monoisotopic (exact) mass is 305 g/mol. The van der Waals surface area contributed by atoms with Crippen molar-refractivity contribution in [2.24, 2.45) is 0 Å². The van der Waals surface area contributed by atoms with Crippen molar-refractivity contribution in [1.29, 1.82) is 0 Å². The lowest BCUT2D eigenvalue weighted by Crippen LogP contribution is -2.34. The zero-order valence-corrected chi connectivity index (χ0v) is 11.7. The Morgan fingerprint density at radius 1 is 1.43 bits per heavy atom. The highest BCUT2D eigenvalue weighted by Crippen LogP contribution is 2.29. The molecular weight excluding hydrogens is 286 g/mol. The van der Waals surface area contributed by atoms with Gasteiger partial charge in [0.15, 0.2) is 6.10 Å². The molecule has 1 N–H and O–H groups in total. The Morgan fingerprint density at radius 2 is 2.14 bits per heavy atom. The first-order valence-electron chi connectivity index (χ1n) is 6.89. The van der Waals surface area contributed by atoms with E-state index >= 15 is 0 Å². The van der Waals surface area contributed by atoms with Crippen LogP contribution in [0.3, 0.4) is 0 Å². The summed E-state index contributed by atoms with van der Waals surface area (Å²) in [4.78, 5) is 26.2. The van der Waals surface area contributed by atoms with Crippen LogP contribution in [0.25, 0.3) is 0 Å². The molecule has 2 aliphatic rings. The number of carbonyl (C=O) groups excluding carboxylic acids is 1. The van der Waals surface area contributed by atoms with E-state index in [0.29, 0.717) is 12.8 Å². The maximum atomic E-state index is 11.7. The van der Waals surface area contributed by atoms with E-state index in [1.54, 1.807) is 6.92 Å². The van der Waals surface area contributed by atoms with E-state index in [2.05, 4.69) is 4.84 Å². The molecule has 120 valence electrons. The highest BCUT2D eigenvalue weighted by molar-refractivity contribution is 5.69. The molecule has 21 heavy (non-hydrogen) atoms. The second kappa shape index (κ2) is 7.01. The zero-order valence-electron chi connectivity index (χ0n) is 11.7. The lowest BCUT2D eigenvalue weighted by molar-refractivity contribution is -0.767. The van der Waals surface area contributed by atoms with Crippen molar-refractivity contribution < 1.29 is 34.0 Å². The van der Waals surface area contributed by atoms with Crippen LogP contribution in [0.15, 0.2) is 0 Å². The molecular formula is C12H19NO8. The third-order valence-corrected chi connectivity index (χ3v) is 3.52. The first-order chi connectivity index (χ1) is 9.97. The van der Waals surface area contributed by atoms with Crippen LogP contribution >= 0.6 is 0 Å². The van der Waals surface area contributed by atoms with Crippen molar-refractivity contribution in [3.8, 4) is 0 Å². The maximum Gasteiger partial charge on any atom is 0.306 e. The number of aliphatic hydroxyl groups excluding tert-OH is 1. The molecule has 2 saturated heterocycles. The minimum absolute atomic E-state index is 0.141. The van der Waals surface area contributed by atoms with Crippen molar-refractivity contribution in [3.63, 3.8) is 0 Å². The highest BCUT2D eigenvalue weighted by Gasteiger charge is 2.48. The summed E-state index contributed by atoms with van der Waals surface area (Å²) in [7, 11) is 0. The van der Waals surface area contributed by atoms with Crippen molar-refractivity contribution in [1.82, 2.24) is 0 Å². The van der Waals surface area contributed by atoms with Crippen LogP contribution in [-0.4, -0.2) is 59.9 Å². The standard InChI is InChI=1S/C12H19NO8/c1-7(21-13(16)17)3-2-4-10(15)20-9-6-19-11-8(14)5-18-12(9)11/h7-9,11-12,14H,2-6H2,1H3/t7?,8-,9-,11-,12-/m1/s1. The number of esters is 1. The van der Waals surface area contributed by atoms with Gasteiger partial charge in [-0.1, -0.05) is 0 Å². The summed E-state index contributed by atoms with van der Waals surface area (Å²) in [6.07, 6.45) is -1.64. The molecule has 2 heterocycles. The van der Waals surface area contributed by atoms with E-state index in [0.717, 1.165) is 0 Å². The average Bonchev–Trinajstić information content (AvgIpc) is 2.93. The summed E-state index contributed by atoms with van der Waals surface area (Å²) in [5.41, 5.74) is 0. The Hall–Kier alpha value is -1.45. The van der Waals surface area contributed by atoms with Crippen molar-refractivity contribution in [3.05, 3.63) is 10.1 Å². The van der Waals surface area contributed by atoms with Crippen LogP contribution in [0.5, 0.6) is 0 Å². The number of hydrogen-bond acceptors (Lipinski definition) is 8. The van der Waals surface area contributed by atoms with E-state index in [-0.39, 0.29) is 19.6 Å². The molecule has 0 spiro atoms. The SMILES string of the molecule is CC(CCCC(=O)O[C@@H]1CO[C@H]2[C@@H]1OC[C@H]2O)O[N+](=O)[O-]. The largest absolute Gasteiger partial charge is 0.457 e. The van der Waals surface area contributed by atoms with Crippen molar-refractivity contribution in [2.75, 3.05) is 13.2 Å². The molecule has 0 saturated carbocycles. The molecule has 2 rings (SSSR count). The first kappa shape index (κ1) is 15.9. The molecule has 0 bridgehead atoms. The Bertz CT molecular complexity index is 389. The van der Waals surface area contributed by atoms with Gasteiger partial charge in [-0.3, -0.25) is 4.79 Å². The first-order valence-corrected chi connectivity index (χ1v) is 6.89. The molecule has 0 aliphatic carbocycles. The minimum Gasteiger partial charge on any atom is -0.457 e. The number of carbonyl (C=O) groups is 1. The van der Waals surface area contributed by atoms with Crippen LogP contribution in [0.1, 0.15) is 26.2 Å². The quantitative estimate of drug-likeness (QED) is 0.391. The fourth-order valence-electron chi connectivity index (χ4n) is 2.51. The zero-order chi connectivity index (χ0) is 15.4. The smallest absolute Gasteiger partial charge is 0.306 e. The van der Waals surface area contributed by atoms with Gasteiger partial charge >= 0.3 is 5.97 Å². The average molecular weight is 305 g/mol. The van der Waals surface area contributed by atoms with Gasteiger partial charge in [0.1, 0.15) is 24.4 Å². The number of fused-ring (bicyclic) bond motifs is 1. The number of hydrogen-bond donors (Lipinski definition) is 1. The van der Waals surface area contributed by atoms with Gasteiger partial charge in [-0.05, 0) is 19.8 Å². The number of rotatable bonds is 7. The third kappa shape index (κ3) is 4.26. The van der Waals surface area contributed by atoms with Crippen LogP contribution in [-0.2, 0) is 23.8 Å². The number of ether oxygens (including phenoxy) is 3. The Morgan fingerprint density at radius 3 is 2.86 bits per heavy atom. The van der Waals surface area contributed by atoms with Gasteiger partial charge in [-0.2, -0.15) is 0 Å². The number of aliphatic hydroxyl groups is 1. The molecule has 9 nitrogen and oxygen atoms in total. The molecule has 0 aromatic rings. The molecule has 0 amide bonds. The summed E-state index contributed by atoms with van der Waals surface area (Å²) >= 11 is 0. The van der Waals surface area contributed by atoms with E-state index in [9.17, 15) is 20.0 Å². The fraction of sp³-hybridized carbons (Fsp3) is 0.917. The van der Waals surface area contributed by atoms with E-state index in [1.807, 2.05) is 0 Å². The van der Waals surface area contributed by atoms with Crippen LogP contribution in [0, 0.1) is 10.1 Å². The van der Waals surface area contributed by atoms with Crippen LogP contribution < -0.4 is 0 Å². The van der Waals surface area contributed by atoms with Gasteiger partial charge in [0, 0.05) is 6.42 Å².